The van der Waals surface area contributed by atoms with Gasteiger partial charge >= 0.3 is 0 Å². The molecule has 0 saturated heterocycles. The van der Waals surface area contributed by atoms with Crippen LogP contribution in [0.1, 0.15) is 30.4 Å². The lowest BCUT2D eigenvalue weighted by atomic mass is 10.1. The van der Waals surface area contributed by atoms with E-state index in [1.165, 1.54) is 6.07 Å². The quantitative estimate of drug-likeness (QED) is 0.712. The highest BCUT2D eigenvalue weighted by molar-refractivity contribution is 6.21. The number of halogens is 2. The molecule has 1 rings (SSSR count). The minimum absolute atomic E-state index is 0.0702. The van der Waals surface area contributed by atoms with E-state index in [1.54, 1.807) is 13.0 Å². The van der Waals surface area contributed by atoms with Crippen molar-refractivity contribution in [2.75, 3.05) is 19.6 Å². The van der Waals surface area contributed by atoms with E-state index in [0.29, 0.717) is 5.56 Å². The van der Waals surface area contributed by atoms with Gasteiger partial charge in [-0.1, -0.05) is 26.0 Å². The number of rotatable bonds is 5. The van der Waals surface area contributed by atoms with Crippen LogP contribution in [0.4, 0.5) is 4.39 Å². The Kier molecular flexibility index (Phi) is 5.23. The van der Waals surface area contributed by atoms with Crippen molar-refractivity contribution < 1.29 is 4.39 Å². The standard InChI is InChI=1S/C13H19ClFN/c1-4-16(5-2)9-12(14)11-6-7-13(15)10(3)8-11/h6-8,12H,4-5,9H2,1-3H3. The molecular weight excluding hydrogens is 225 g/mol. The highest BCUT2D eigenvalue weighted by Crippen LogP contribution is 2.23. The molecule has 0 aliphatic heterocycles. The Balaban J connectivity index is 2.72. The van der Waals surface area contributed by atoms with Gasteiger partial charge < -0.3 is 4.90 Å². The summed E-state index contributed by atoms with van der Waals surface area (Å²) in [5.74, 6) is -0.171. The summed E-state index contributed by atoms with van der Waals surface area (Å²) in [6.45, 7) is 8.77. The molecule has 1 nitrogen and oxygen atoms in total. The van der Waals surface area contributed by atoms with E-state index in [2.05, 4.69) is 18.7 Å². The van der Waals surface area contributed by atoms with E-state index in [1.807, 2.05) is 6.07 Å². The van der Waals surface area contributed by atoms with Crippen molar-refractivity contribution >= 4 is 11.6 Å². The van der Waals surface area contributed by atoms with Crippen molar-refractivity contribution in [1.29, 1.82) is 0 Å². The Morgan fingerprint density at radius 1 is 1.31 bits per heavy atom. The average Bonchev–Trinajstić information content (AvgIpc) is 2.29. The number of benzene rings is 1. The zero-order valence-electron chi connectivity index (χ0n) is 10.1. The Bertz CT molecular complexity index is 337. The molecule has 0 spiro atoms. The number of aryl methyl sites for hydroxylation is 1. The van der Waals surface area contributed by atoms with E-state index in [4.69, 9.17) is 11.6 Å². The van der Waals surface area contributed by atoms with Gasteiger partial charge in [0, 0.05) is 6.54 Å². The van der Waals surface area contributed by atoms with Gasteiger partial charge in [0.25, 0.3) is 0 Å². The molecule has 0 radical (unpaired) electrons. The summed E-state index contributed by atoms with van der Waals surface area (Å²) in [5, 5.41) is -0.0702. The number of nitrogens with zero attached hydrogens (tertiary/aromatic N) is 1. The third kappa shape index (κ3) is 3.46. The number of hydrogen-bond acceptors (Lipinski definition) is 1. The van der Waals surface area contributed by atoms with Crippen LogP contribution in [0.15, 0.2) is 18.2 Å². The van der Waals surface area contributed by atoms with Crippen LogP contribution >= 0.6 is 11.6 Å². The summed E-state index contributed by atoms with van der Waals surface area (Å²) in [5.41, 5.74) is 1.65. The lowest BCUT2D eigenvalue weighted by Crippen LogP contribution is -2.26. The molecule has 0 amide bonds. The maximum Gasteiger partial charge on any atom is 0.126 e. The molecule has 3 heteroatoms. The first-order valence-corrected chi connectivity index (χ1v) is 6.14. The Labute approximate surface area is 102 Å². The second kappa shape index (κ2) is 6.21. The number of likely N-dealkylation sites (N-methyl/N-ethyl adjacent to an activating group) is 1. The molecule has 0 aliphatic carbocycles. The fourth-order valence-electron chi connectivity index (χ4n) is 1.68. The van der Waals surface area contributed by atoms with E-state index >= 15 is 0 Å². The molecule has 1 atom stereocenters. The fourth-order valence-corrected chi connectivity index (χ4v) is 2.01. The normalized spacial score (nSPS) is 13.1. The van der Waals surface area contributed by atoms with Gasteiger partial charge in [0.05, 0.1) is 5.38 Å². The van der Waals surface area contributed by atoms with Crippen LogP contribution in [0.25, 0.3) is 0 Å². The monoisotopic (exact) mass is 243 g/mol. The Hall–Kier alpha value is -0.600. The Morgan fingerprint density at radius 3 is 2.44 bits per heavy atom. The molecule has 16 heavy (non-hydrogen) atoms. The molecule has 90 valence electrons. The smallest absolute Gasteiger partial charge is 0.126 e. The summed E-state index contributed by atoms with van der Waals surface area (Å²) in [7, 11) is 0. The van der Waals surface area contributed by atoms with Crippen LogP contribution in [0.3, 0.4) is 0 Å². The van der Waals surface area contributed by atoms with Crippen molar-refractivity contribution in [1.82, 2.24) is 4.90 Å². The van der Waals surface area contributed by atoms with Crippen molar-refractivity contribution in [2.24, 2.45) is 0 Å². The second-order valence-corrected chi connectivity index (χ2v) is 4.49. The first-order valence-electron chi connectivity index (χ1n) is 5.71. The molecule has 0 heterocycles. The summed E-state index contributed by atoms with van der Waals surface area (Å²) in [6, 6.07) is 5.09. The zero-order valence-corrected chi connectivity index (χ0v) is 10.9. The predicted molar refractivity (Wildman–Crippen MR) is 67.5 cm³/mol. The van der Waals surface area contributed by atoms with E-state index < -0.39 is 0 Å². The first kappa shape index (κ1) is 13.5. The molecule has 0 N–H and O–H groups in total. The van der Waals surface area contributed by atoms with E-state index in [-0.39, 0.29) is 11.2 Å². The van der Waals surface area contributed by atoms with Gasteiger partial charge in [-0.2, -0.15) is 0 Å². The minimum atomic E-state index is -0.171. The summed E-state index contributed by atoms with van der Waals surface area (Å²) in [4.78, 5) is 2.26. The summed E-state index contributed by atoms with van der Waals surface area (Å²) >= 11 is 6.32. The largest absolute Gasteiger partial charge is 0.302 e. The maximum atomic E-state index is 13.1. The van der Waals surface area contributed by atoms with E-state index in [9.17, 15) is 4.39 Å². The predicted octanol–water partition coefficient (Wildman–Crippen LogP) is 3.76. The van der Waals surface area contributed by atoms with Crippen molar-refractivity contribution in [3.05, 3.63) is 35.1 Å². The lowest BCUT2D eigenvalue weighted by molar-refractivity contribution is 0.304. The van der Waals surface area contributed by atoms with Crippen LogP contribution in [0.5, 0.6) is 0 Å². The molecule has 0 aliphatic rings. The zero-order chi connectivity index (χ0) is 12.1. The van der Waals surface area contributed by atoms with Crippen molar-refractivity contribution in [3.63, 3.8) is 0 Å². The topological polar surface area (TPSA) is 3.24 Å². The van der Waals surface area contributed by atoms with Crippen molar-refractivity contribution in [3.8, 4) is 0 Å². The van der Waals surface area contributed by atoms with Crippen molar-refractivity contribution in [2.45, 2.75) is 26.1 Å². The van der Waals surface area contributed by atoms with Gasteiger partial charge in [0.2, 0.25) is 0 Å². The highest BCUT2D eigenvalue weighted by Gasteiger charge is 2.12. The molecular formula is C13H19ClFN. The van der Waals surface area contributed by atoms with Gasteiger partial charge in [-0.25, -0.2) is 4.39 Å². The molecule has 1 aromatic rings. The lowest BCUT2D eigenvalue weighted by Gasteiger charge is -2.21. The van der Waals surface area contributed by atoms with Crippen LogP contribution in [0.2, 0.25) is 0 Å². The first-order chi connectivity index (χ1) is 7.58. The van der Waals surface area contributed by atoms with Gasteiger partial charge in [-0.15, -0.1) is 11.6 Å². The SMILES string of the molecule is CCN(CC)CC(Cl)c1ccc(F)c(C)c1. The summed E-state index contributed by atoms with van der Waals surface area (Å²) < 4.78 is 13.1. The Morgan fingerprint density at radius 2 is 1.94 bits per heavy atom. The molecule has 0 aromatic heterocycles. The third-order valence-corrected chi connectivity index (χ3v) is 3.25. The number of alkyl halides is 1. The van der Waals surface area contributed by atoms with Gasteiger partial charge in [0.1, 0.15) is 5.82 Å². The summed E-state index contributed by atoms with van der Waals surface area (Å²) in [6.07, 6.45) is 0. The third-order valence-electron chi connectivity index (χ3n) is 2.86. The minimum Gasteiger partial charge on any atom is -0.302 e. The molecule has 1 aromatic carbocycles. The second-order valence-electron chi connectivity index (χ2n) is 3.96. The van der Waals surface area contributed by atoms with Gasteiger partial charge in [-0.3, -0.25) is 0 Å². The molecule has 0 fully saturated rings. The average molecular weight is 244 g/mol. The van der Waals surface area contributed by atoms with Gasteiger partial charge in [-0.05, 0) is 37.2 Å². The van der Waals surface area contributed by atoms with Gasteiger partial charge in [0.15, 0.2) is 0 Å². The number of hydrogen-bond donors (Lipinski definition) is 0. The van der Waals surface area contributed by atoms with Crippen LogP contribution in [-0.4, -0.2) is 24.5 Å². The van der Waals surface area contributed by atoms with Crippen LogP contribution in [-0.2, 0) is 0 Å². The van der Waals surface area contributed by atoms with E-state index in [0.717, 1.165) is 25.2 Å². The maximum absolute atomic E-state index is 13.1. The molecule has 1 unspecified atom stereocenters. The van der Waals surface area contributed by atoms with Crippen LogP contribution in [0, 0.1) is 12.7 Å². The highest BCUT2D eigenvalue weighted by atomic mass is 35.5. The molecule has 0 bridgehead atoms. The fraction of sp³-hybridized carbons (Fsp3) is 0.538. The molecule has 0 saturated carbocycles. The van der Waals surface area contributed by atoms with Crippen LogP contribution < -0.4 is 0 Å².